The van der Waals surface area contributed by atoms with E-state index >= 15 is 0 Å². The lowest BCUT2D eigenvalue weighted by Crippen LogP contribution is -2.49. The lowest BCUT2D eigenvalue weighted by Gasteiger charge is -2.33. The molecule has 3 rings (SSSR count). The number of hydrogen-bond acceptors (Lipinski definition) is 9. The van der Waals surface area contributed by atoms with E-state index in [2.05, 4.69) is 29.9 Å². The number of alkyl halides is 3. The van der Waals surface area contributed by atoms with Crippen LogP contribution >= 0.6 is 7.44 Å². The number of aromatic nitrogens is 4. The zero-order valence-corrected chi connectivity index (χ0v) is 24.3. The van der Waals surface area contributed by atoms with Gasteiger partial charge in [-0.25, -0.2) is 25.1 Å². The molecule has 4 N–H and O–H groups in total. The lowest BCUT2D eigenvalue weighted by molar-refractivity contribution is -0.274. The van der Waals surface area contributed by atoms with Crippen LogP contribution in [0.4, 0.5) is 19.0 Å². The minimum absolute atomic E-state index is 0.199. The van der Waals surface area contributed by atoms with Crippen LogP contribution in [0.5, 0.6) is 5.75 Å². The monoisotopic (exact) mass is 601 g/mol. The molecule has 0 bridgehead atoms. The quantitative estimate of drug-likeness (QED) is 0.176. The Bertz CT molecular complexity index is 1370. The number of nitrogen functional groups attached to an aromatic ring is 1. The molecule has 2 aromatic heterocycles. The van der Waals surface area contributed by atoms with Crippen molar-refractivity contribution in [1.82, 2.24) is 29.7 Å². The van der Waals surface area contributed by atoms with E-state index in [4.69, 9.17) is 15.2 Å². The van der Waals surface area contributed by atoms with Crippen molar-refractivity contribution >= 4 is 30.4 Å². The summed E-state index contributed by atoms with van der Waals surface area (Å²) in [4.78, 5) is 25.1. The Morgan fingerprint density at radius 3 is 2.46 bits per heavy atom. The number of ether oxygens (including phenoxy) is 3. The van der Waals surface area contributed by atoms with E-state index < -0.39 is 37.5 Å². The maximum Gasteiger partial charge on any atom is 0.573 e. The zero-order chi connectivity index (χ0) is 30.4. The molecule has 0 fully saturated rings. The summed E-state index contributed by atoms with van der Waals surface area (Å²) in [6.45, 7) is 8.88. The second-order valence-electron chi connectivity index (χ2n) is 10.0. The van der Waals surface area contributed by atoms with E-state index in [1.165, 1.54) is 18.5 Å². The van der Waals surface area contributed by atoms with Gasteiger partial charge in [-0.3, -0.25) is 9.36 Å². The minimum atomic E-state index is -4.82. The molecule has 0 amide bonds. The van der Waals surface area contributed by atoms with Crippen LogP contribution in [-0.2, 0) is 25.4 Å². The molecular weight excluding hydrogens is 566 g/mol. The van der Waals surface area contributed by atoms with Gasteiger partial charge in [0.25, 0.3) is 0 Å². The Morgan fingerprint density at radius 1 is 1.15 bits per heavy atom. The van der Waals surface area contributed by atoms with E-state index in [-0.39, 0.29) is 24.5 Å². The molecule has 3 aromatic rings. The molecule has 1 aromatic carbocycles. The summed E-state index contributed by atoms with van der Waals surface area (Å²) >= 11 is 0. The molecule has 2 heterocycles. The average molecular weight is 602 g/mol. The maximum absolute atomic E-state index is 14.2. The Labute approximate surface area is 235 Å². The third kappa shape index (κ3) is 9.12. The topological polar surface area (TPSA) is 156 Å². The number of nitrogens with two attached hydrogens (primary N) is 1. The van der Waals surface area contributed by atoms with Crippen LogP contribution in [0.2, 0.25) is 0 Å². The fourth-order valence-corrected chi connectivity index (χ4v) is 6.35. The van der Waals surface area contributed by atoms with Crippen molar-refractivity contribution in [3.8, 4) is 5.75 Å². The molecule has 0 aliphatic carbocycles. The van der Waals surface area contributed by atoms with Gasteiger partial charge in [0.05, 0.1) is 25.6 Å². The van der Waals surface area contributed by atoms with Gasteiger partial charge in [-0.05, 0) is 51.8 Å². The molecule has 0 aliphatic rings. The summed E-state index contributed by atoms with van der Waals surface area (Å²) in [6.07, 6.45) is -2.14. The summed E-state index contributed by atoms with van der Waals surface area (Å²) < 4.78 is 68.7. The Kier molecular flexibility index (Phi) is 10.3. The molecule has 0 saturated carbocycles. The zero-order valence-electron chi connectivity index (χ0n) is 23.4. The fraction of sp³-hybridized carbons (Fsp3) is 0.520. The smallest absolute Gasteiger partial charge is 0.464 e. The van der Waals surface area contributed by atoms with E-state index in [9.17, 15) is 22.5 Å². The number of carbonyl (C=O) groups is 1. The summed E-state index contributed by atoms with van der Waals surface area (Å²) in [5.74, 6) is -0.743. The molecule has 0 aliphatic heterocycles. The molecule has 0 saturated heterocycles. The number of benzene rings is 1. The van der Waals surface area contributed by atoms with Gasteiger partial charge in [0.1, 0.15) is 29.5 Å². The van der Waals surface area contributed by atoms with Gasteiger partial charge in [-0.2, -0.15) is 0 Å². The Balaban J connectivity index is 1.76. The van der Waals surface area contributed by atoms with Gasteiger partial charge in [0, 0.05) is 6.04 Å². The largest absolute Gasteiger partial charge is 0.573 e. The number of halogens is 3. The van der Waals surface area contributed by atoms with Crippen LogP contribution in [0.1, 0.15) is 52.6 Å². The number of anilines is 1. The van der Waals surface area contributed by atoms with Crippen molar-refractivity contribution in [3.63, 3.8) is 0 Å². The van der Waals surface area contributed by atoms with Crippen molar-refractivity contribution in [3.05, 3.63) is 42.5 Å². The summed E-state index contributed by atoms with van der Waals surface area (Å²) in [6, 6.07) is 4.55. The van der Waals surface area contributed by atoms with Crippen molar-refractivity contribution in [2.45, 2.75) is 71.6 Å². The number of rotatable bonds is 14. The van der Waals surface area contributed by atoms with E-state index in [0.717, 1.165) is 12.1 Å². The van der Waals surface area contributed by atoms with Gasteiger partial charge < -0.3 is 24.5 Å². The molecule has 16 heteroatoms. The third-order valence-electron chi connectivity index (χ3n) is 5.85. The highest BCUT2D eigenvalue weighted by atomic mass is 31.2. The first-order chi connectivity index (χ1) is 19.1. The van der Waals surface area contributed by atoms with Crippen LogP contribution in [-0.4, -0.2) is 56.4 Å². The number of esters is 1. The highest BCUT2D eigenvalue weighted by molar-refractivity contribution is 7.59. The number of fused-ring (bicyclic) bond motifs is 1. The fourth-order valence-electron chi connectivity index (χ4n) is 3.91. The van der Waals surface area contributed by atoms with Gasteiger partial charge in [-0.1, -0.05) is 19.1 Å². The molecule has 41 heavy (non-hydrogen) atoms. The molecule has 226 valence electrons. The Morgan fingerprint density at radius 2 is 1.83 bits per heavy atom. The van der Waals surface area contributed by atoms with Crippen molar-refractivity contribution in [2.75, 3.05) is 18.7 Å². The van der Waals surface area contributed by atoms with Crippen LogP contribution in [0.15, 0.2) is 36.9 Å². The van der Waals surface area contributed by atoms with Gasteiger partial charge in [0.15, 0.2) is 11.5 Å². The van der Waals surface area contributed by atoms with E-state index in [1.807, 2.05) is 6.92 Å². The first-order valence-corrected chi connectivity index (χ1v) is 14.7. The second kappa shape index (κ2) is 13.1. The molecule has 0 unspecified atom stereocenters. The molecule has 3 atom stereocenters. The number of nitrogens with zero attached hydrogens (tertiary/aromatic N) is 4. The SMILES string of the molecule is CCCOC(=O)C(C)(C)N[P@](=O)(CO[C@H](C)Cn1cnc2c(N)ncnc21)N[C@@H](C)c1ccc(OC(F)(F)F)cc1. The van der Waals surface area contributed by atoms with Crippen molar-refractivity contribution < 1.29 is 36.7 Å². The number of hydrogen-bond donors (Lipinski definition) is 3. The number of nitrogens with one attached hydrogen (secondary N) is 2. The summed E-state index contributed by atoms with van der Waals surface area (Å²) in [5, 5.41) is 5.88. The highest BCUT2D eigenvalue weighted by Gasteiger charge is 2.38. The average Bonchev–Trinajstić information content (AvgIpc) is 3.29. The van der Waals surface area contributed by atoms with Crippen LogP contribution < -0.4 is 20.6 Å². The van der Waals surface area contributed by atoms with E-state index in [0.29, 0.717) is 29.7 Å². The van der Waals surface area contributed by atoms with Crippen LogP contribution in [0.3, 0.4) is 0 Å². The van der Waals surface area contributed by atoms with Gasteiger partial charge in [0.2, 0.25) is 7.44 Å². The second-order valence-corrected chi connectivity index (χ2v) is 12.2. The molecule has 12 nitrogen and oxygen atoms in total. The summed E-state index contributed by atoms with van der Waals surface area (Å²) in [5.41, 5.74) is 5.98. The number of carbonyl (C=O) groups excluding carboxylic acids is 1. The van der Waals surface area contributed by atoms with Gasteiger partial charge in [-0.15, -0.1) is 13.2 Å². The predicted octanol–water partition coefficient (Wildman–Crippen LogP) is 4.54. The minimum Gasteiger partial charge on any atom is -0.464 e. The highest BCUT2D eigenvalue weighted by Crippen LogP contribution is 2.42. The molecular formula is C25H35F3N7O5P. The normalized spacial score (nSPS) is 15.3. The van der Waals surface area contributed by atoms with Crippen LogP contribution in [0, 0.1) is 0 Å². The summed E-state index contributed by atoms with van der Waals surface area (Å²) in [7, 11) is -3.70. The van der Waals surface area contributed by atoms with Gasteiger partial charge >= 0.3 is 12.3 Å². The van der Waals surface area contributed by atoms with E-state index in [1.54, 1.807) is 38.6 Å². The van der Waals surface area contributed by atoms with Crippen LogP contribution in [0.25, 0.3) is 11.2 Å². The Hall–Kier alpha value is -3.26. The third-order valence-corrected chi connectivity index (χ3v) is 8.09. The number of imidazole rings is 1. The molecule has 0 radical (unpaired) electrons. The first-order valence-electron chi connectivity index (χ1n) is 12.8. The molecule has 0 spiro atoms. The lowest BCUT2D eigenvalue weighted by atomic mass is 10.1. The first kappa shape index (κ1) is 32.3. The standard InChI is InChI=1S/C25H35F3N7O5P/c1-6-11-38-23(36)24(4,5)34-41(37,33-17(3)18-7-9-19(10-8-18)40-25(26,27)28)15-39-16(2)12-35-14-32-20-21(29)30-13-31-22(20)35/h7-10,13-14,16-17H,6,11-12,15H2,1-5H3,(H2,29,30,31)(H2,33,34,37)/t16-,17+,41+/m1/s1. The maximum atomic E-state index is 14.2. The predicted molar refractivity (Wildman–Crippen MR) is 146 cm³/mol. The van der Waals surface area contributed by atoms with Crippen molar-refractivity contribution in [1.29, 1.82) is 0 Å². The van der Waals surface area contributed by atoms with Crippen molar-refractivity contribution in [2.24, 2.45) is 0 Å².